The molecule has 1 aliphatic heterocycles. The smallest absolute Gasteiger partial charge is 0.270 e. The van der Waals surface area contributed by atoms with Crippen molar-refractivity contribution in [2.75, 3.05) is 35.7 Å². The van der Waals surface area contributed by atoms with Gasteiger partial charge in [0.1, 0.15) is 11.5 Å². The first-order chi connectivity index (χ1) is 16.2. The maximum atomic E-state index is 14.7. The number of halogens is 1. The van der Waals surface area contributed by atoms with E-state index in [-0.39, 0.29) is 22.9 Å². The molecule has 1 aromatic carbocycles. The number of carbonyl (C=O) groups excluding carboxylic acids is 1. The van der Waals surface area contributed by atoms with Gasteiger partial charge in [0.25, 0.3) is 5.91 Å². The van der Waals surface area contributed by atoms with Gasteiger partial charge in [-0.3, -0.25) is 4.79 Å². The van der Waals surface area contributed by atoms with Crippen molar-refractivity contribution in [2.45, 2.75) is 49.6 Å². The van der Waals surface area contributed by atoms with Gasteiger partial charge in [-0.15, -0.1) is 0 Å². The van der Waals surface area contributed by atoms with Gasteiger partial charge in [-0.1, -0.05) is 6.42 Å². The fraction of sp³-hybridized carbons (Fsp3) is 0.542. The number of nitrogens with zero attached hydrogens (tertiary/aromatic N) is 4. The first-order valence-corrected chi connectivity index (χ1v) is 13.7. The Morgan fingerprint density at radius 3 is 2.65 bits per heavy atom. The molecule has 0 spiro atoms. The minimum Gasteiger partial charge on any atom is -0.365 e. The average Bonchev–Trinajstić information content (AvgIpc) is 3.42. The second-order valence-electron chi connectivity index (χ2n) is 9.87. The molecule has 182 valence electrons. The summed E-state index contributed by atoms with van der Waals surface area (Å²) in [6.45, 7) is 3.58. The van der Waals surface area contributed by atoms with Gasteiger partial charge >= 0.3 is 0 Å². The summed E-state index contributed by atoms with van der Waals surface area (Å²) in [6.07, 6.45) is 7.44. The summed E-state index contributed by atoms with van der Waals surface area (Å²) in [5.74, 6) is 1.12. The number of hydrogen-bond acceptors (Lipinski definition) is 7. The monoisotopic (exact) mass is 487 g/mol. The number of sulfone groups is 1. The molecular formula is C24H30FN5O3S. The number of benzene rings is 1. The van der Waals surface area contributed by atoms with Crippen LogP contribution in [0.25, 0.3) is 0 Å². The molecule has 34 heavy (non-hydrogen) atoms. The summed E-state index contributed by atoms with van der Waals surface area (Å²) < 4.78 is 38.1. The fourth-order valence-corrected chi connectivity index (χ4v) is 6.36. The molecule has 10 heteroatoms. The Morgan fingerprint density at radius 2 is 2.00 bits per heavy atom. The lowest BCUT2D eigenvalue weighted by molar-refractivity contribution is 0.0917. The van der Waals surface area contributed by atoms with Crippen LogP contribution in [-0.4, -0.2) is 62.3 Å². The minimum atomic E-state index is -3.47. The highest BCUT2D eigenvalue weighted by atomic mass is 32.2. The molecule has 8 nitrogen and oxygen atoms in total. The van der Waals surface area contributed by atoms with Crippen LogP contribution in [0.4, 0.5) is 16.0 Å². The number of aromatic nitrogens is 2. The van der Waals surface area contributed by atoms with Crippen molar-refractivity contribution in [3.8, 4) is 0 Å². The number of anilines is 2. The lowest BCUT2D eigenvalue weighted by Gasteiger charge is -2.41. The molecule has 4 atom stereocenters. The Kier molecular flexibility index (Phi) is 5.95. The maximum absolute atomic E-state index is 14.7. The summed E-state index contributed by atoms with van der Waals surface area (Å²) in [4.78, 5) is 25.7. The van der Waals surface area contributed by atoms with Gasteiger partial charge in [-0.25, -0.2) is 22.8 Å². The van der Waals surface area contributed by atoms with Crippen LogP contribution in [0.15, 0.2) is 35.4 Å². The van der Waals surface area contributed by atoms with Crippen molar-refractivity contribution in [1.29, 1.82) is 0 Å². The van der Waals surface area contributed by atoms with Crippen LogP contribution in [0.2, 0.25) is 0 Å². The van der Waals surface area contributed by atoms with Crippen molar-refractivity contribution in [3.63, 3.8) is 0 Å². The number of nitrogens with one attached hydrogen (secondary N) is 1. The van der Waals surface area contributed by atoms with Gasteiger partial charge in [-0.05, 0) is 62.3 Å². The van der Waals surface area contributed by atoms with E-state index in [2.05, 4.69) is 15.3 Å². The van der Waals surface area contributed by atoms with E-state index < -0.39 is 15.7 Å². The Bertz CT molecular complexity index is 1210. The average molecular weight is 488 g/mol. The number of hydrogen-bond donors (Lipinski definition) is 1. The molecule has 2 bridgehead atoms. The third-order valence-corrected chi connectivity index (χ3v) is 8.61. The van der Waals surface area contributed by atoms with Crippen LogP contribution in [-0.2, 0) is 9.84 Å². The summed E-state index contributed by atoms with van der Waals surface area (Å²) >= 11 is 0. The van der Waals surface area contributed by atoms with Gasteiger partial charge in [-0.2, -0.15) is 0 Å². The molecule has 2 heterocycles. The standard InChI is InChI=1S/C24H30FN5O3S/c1-15-14-29(22-6-5-18(13-19(22)25)34(2,32)33)9-10-30(15)24-26-8-7-20(28-24)23(31)27-21-12-16-3-4-17(21)11-16/h5-8,13,15-17,21H,3-4,9-12,14H2,1-2H3,(H,27,31). The summed E-state index contributed by atoms with van der Waals surface area (Å²) in [5, 5.41) is 3.18. The Morgan fingerprint density at radius 1 is 1.18 bits per heavy atom. The molecule has 1 aromatic heterocycles. The van der Waals surface area contributed by atoms with Gasteiger partial charge < -0.3 is 15.1 Å². The first-order valence-electron chi connectivity index (χ1n) is 11.8. The van der Waals surface area contributed by atoms with E-state index in [9.17, 15) is 17.6 Å². The van der Waals surface area contributed by atoms with Crippen LogP contribution >= 0.6 is 0 Å². The number of amides is 1. The largest absolute Gasteiger partial charge is 0.365 e. The van der Waals surface area contributed by atoms with Crippen molar-refractivity contribution >= 4 is 27.4 Å². The molecular weight excluding hydrogens is 457 g/mol. The van der Waals surface area contributed by atoms with E-state index in [1.807, 2.05) is 16.7 Å². The van der Waals surface area contributed by atoms with E-state index in [0.717, 1.165) is 24.7 Å². The predicted molar refractivity (Wildman–Crippen MR) is 127 cm³/mol. The van der Waals surface area contributed by atoms with E-state index >= 15 is 0 Å². The van der Waals surface area contributed by atoms with Crippen LogP contribution in [0.1, 0.15) is 43.1 Å². The zero-order chi connectivity index (χ0) is 24.0. The lowest BCUT2D eigenvalue weighted by Crippen LogP contribution is -2.53. The zero-order valence-corrected chi connectivity index (χ0v) is 20.3. The van der Waals surface area contributed by atoms with Crippen LogP contribution < -0.4 is 15.1 Å². The van der Waals surface area contributed by atoms with Crippen LogP contribution in [0.3, 0.4) is 0 Å². The number of rotatable bonds is 5. The molecule has 2 aliphatic carbocycles. The minimum absolute atomic E-state index is 0.0330. The SMILES string of the molecule is CC1CN(c2ccc(S(C)(=O)=O)cc2F)CCN1c1nccc(C(=O)NC2CC3CCC2C3)n1. The maximum Gasteiger partial charge on any atom is 0.270 e. The van der Waals surface area contributed by atoms with Crippen molar-refractivity contribution < 1.29 is 17.6 Å². The normalized spacial score (nSPS) is 26.7. The molecule has 5 rings (SSSR count). The van der Waals surface area contributed by atoms with Gasteiger partial charge in [0.05, 0.1) is 10.6 Å². The topological polar surface area (TPSA) is 95.5 Å². The molecule has 4 unspecified atom stereocenters. The molecule has 3 fully saturated rings. The number of piperazine rings is 1. The second-order valence-corrected chi connectivity index (χ2v) is 11.9. The second kappa shape index (κ2) is 8.79. The Hall–Kier alpha value is -2.75. The number of carbonyl (C=O) groups is 1. The van der Waals surface area contributed by atoms with Gasteiger partial charge in [0.15, 0.2) is 9.84 Å². The van der Waals surface area contributed by atoms with Gasteiger partial charge in [0.2, 0.25) is 5.95 Å². The van der Waals surface area contributed by atoms with Gasteiger partial charge in [0, 0.05) is 44.2 Å². The van der Waals surface area contributed by atoms with E-state index in [4.69, 9.17) is 0 Å². The zero-order valence-electron chi connectivity index (χ0n) is 19.4. The summed E-state index contributed by atoms with van der Waals surface area (Å²) in [7, 11) is -3.47. The van der Waals surface area contributed by atoms with E-state index in [0.29, 0.717) is 42.9 Å². The Balaban J connectivity index is 1.26. The lowest BCUT2D eigenvalue weighted by atomic mass is 9.95. The quantitative estimate of drug-likeness (QED) is 0.693. The molecule has 1 amide bonds. The first kappa shape index (κ1) is 23.0. The fourth-order valence-electron chi connectivity index (χ4n) is 5.73. The highest BCUT2D eigenvalue weighted by Gasteiger charge is 2.40. The highest BCUT2D eigenvalue weighted by molar-refractivity contribution is 7.90. The molecule has 2 saturated carbocycles. The summed E-state index contributed by atoms with van der Waals surface area (Å²) in [5.41, 5.74) is 0.739. The van der Waals surface area contributed by atoms with E-state index in [1.54, 1.807) is 12.3 Å². The van der Waals surface area contributed by atoms with Crippen LogP contribution in [0.5, 0.6) is 0 Å². The van der Waals surface area contributed by atoms with Crippen molar-refractivity contribution in [3.05, 3.63) is 42.0 Å². The highest BCUT2D eigenvalue weighted by Crippen LogP contribution is 2.44. The number of fused-ring (bicyclic) bond motifs is 2. The molecule has 2 aromatic rings. The van der Waals surface area contributed by atoms with E-state index in [1.165, 1.54) is 31.4 Å². The molecule has 3 aliphatic rings. The van der Waals surface area contributed by atoms with Crippen LogP contribution in [0, 0.1) is 17.7 Å². The summed E-state index contributed by atoms with van der Waals surface area (Å²) in [6, 6.07) is 5.88. The molecule has 0 radical (unpaired) electrons. The molecule has 1 N–H and O–H groups in total. The Labute approximate surface area is 199 Å². The third-order valence-electron chi connectivity index (χ3n) is 7.50. The third kappa shape index (κ3) is 4.47. The molecule has 1 saturated heterocycles. The predicted octanol–water partition coefficient (Wildman–Crippen LogP) is 2.65. The van der Waals surface area contributed by atoms with Crippen molar-refractivity contribution in [2.24, 2.45) is 11.8 Å². The van der Waals surface area contributed by atoms with Crippen molar-refractivity contribution in [1.82, 2.24) is 15.3 Å².